The smallest absolute Gasteiger partial charge is 0.128 e. The van der Waals surface area contributed by atoms with Crippen molar-refractivity contribution < 1.29 is 4.74 Å². The highest BCUT2D eigenvalue weighted by molar-refractivity contribution is 6.30. The summed E-state index contributed by atoms with van der Waals surface area (Å²) in [5, 5.41) is 1.84. The second-order valence-electron chi connectivity index (χ2n) is 5.78. The van der Waals surface area contributed by atoms with E-state index in [0.717, 1.165) is 44.1 Å². The number of fused-ring (bicyclic) bond motifs is 1. The van der Waals surface area contributed by atoms with E-state index in [1.807, 2.05) is 66.7 Å². The lowest BCUT2D eigenvalue weighted by Gasteiger charge is -2.12. The minimum absolute atomic E-state index is 0.729. The van der Waals surface area contributed by atoms with E-state index in [1.165, 1.54) is 0 Å². The van der Waals surface area contributed by atoms with Crippen molar-refractivity contribution in [3.05, 3.63) is 83.9 Å². The van der Waals surface area contributed by atoms with Crippen LogP contribution in [0.1, 0.15) is 0 Å². The van der Waals surface area contributed by atoms with Gasteiger partial charge in [-0.3, -0.25) is 0 Å². The van der Waals surface area contributed by atoms with Gasteiger partial charge in [0.05, 0.1) is 18.3 Å². The molecule has 122 valence electrons. The quantitative estimate of drug-likeness (QED) is 0.439. The molecule has 4 aromatic rings. The predicted octanol–water partition coefficient (Wildman–Crippen LogP) is 6.23. The third-order valence-corrected chi connectivity index (χ3v) is 4.51. The molecule has 1 heterocycles. The number of hydrogen-bond donors (Lipinski definition) is 0. The van der Waals surface area contributed by atoms with E-state index in [2.05, 4.69) is 12.1 Å². The molecule has 3 aromatic carbocycles. The topological polar surface area (TPSA) is 22.1 Å². The van der Waals surface area contributed by atoms with Crippen molar-refractivity contribution >= 4 is 22.5 Å². The fourth-order valence-corrected chi connectivity index (χ4v) is 3.16. The first-order valence-electron chi connectivity index (χ1n) is 8.05. The monoisotopic (exact) mass is 345 g/mol. The summed E-state index contributed by atoms with van der Waals surface area (Å²) in [6.45, 7) is 0. The van der Waals surface area contributed by atoms with E-state index < -0.39 is 0 Å². The van der Waals surface area contributed by atoms with Crippen molar-refractivity contribution in [1.82, 2.24) is 4.98 Å². The van der Waals surface area contributed by atoms with Crippen molar-refractivity contribution in [1.29, 1.82) is 0 Å². The summed E-state index contributed by atoms with van der Waals surface area (Å²) in [7, 11) is 1.68. The van der Waals surface area contributed by atoms with Gasteiger partial charge in [-0.25, -0.2) is 4.98 Å². The van der Waals surface area contributed by atoms with E-state index in [1.54, 1.807) is 7.11 Å². The average molecular weight is 346 g/mol. The molecule has 0 bridgehead atoms. The van der Waals surface area contributed by atoms with Crippen LogP contribution in [-0.4, -0.2) is 12.1 Å². The van der Waals surface area contributed by atoms with Gasteiger partial charge in [-0.2, -0.15) is 0 Å². The second-order valence-corrected chi connectivity index (χ2v) is 6.22. The number of benzene rings is 3. The van der Waals surface area contributed by atoms with Gasteiger partial charge in [0.15, 0.2) is 0 Å². The molecule has 0 saturated heterocycles. The van der Waals surface area contributed by atoms with Crippen molar-refractivity contribution in [3.63, 3.8) is 0 Å². The third kappa shape index (κ3) is 2.97. The molecular formula is C22H16ClNO. The first-order chi connectivity index (χ1) is 12.3. The van der Waals surface area contributed by atoms with Gasteiger partial charge in [-0.05, 0) is 47.5 Å². The summed E-state index contributed by atoms with van der Waals surface area (Å²) < 4.78 is 5.52. The molecule has 0 radical (unpaired) electrons. The zero-order valence-electron chi connectivity index (χ0n) is 13.7. The minimum atomic E-state index is 0.729. The Morgan fingerprint density at radius 2 is 1.52 bits per heavy atom. The average Bonchev–Trinajstić information content (AvgIpc) is 2.68. The highest BCUT2D eigenvalue weighted by Gasteiger charge is 2.12. The number of ether oxygens (including phenoxy) is 1. The molecule has 2 nitrogen and oxygen atoms in total. The largest absolute Gasteiger partial charge is 0.496 e. The normalized spacial score (nSPS) is 10.8. The maximum atomic E-state index is 6.06. The Hall–Kier alpha value is -2.84. The lowest BCUT2D eigenvalue weighted by molar-refractivity contribution is 0.416. The van der Waals surface area contributed by atoms with Crippen LogP contribution in [0.15, 0.2) is 78.9 Å². The van der Waals surface area contributed by atoms with E-state index in [4.69, 9.17) is 21.3 Å². The number of methoxy groups -OCH3 is 1. The van der Waals surface area contributed by atoms with Crippen LogP contribution in [0.25, 0.3) is 33.3 Å². The number of halogens is 1. The van der Waals surface area contributed by atoms with Crippen LogP contribution in [0.3, 0.4) is 0 Å². The summed E-state index contributed by atoms with van der Waals surface area (Å²) in [4.78, 5) is 4.85. The number of aromatic nitrogens is 1. The molecular weight excluding hydrogens is 330 g/mol. The highest BCUT2D eigenvalue weighted by Crippen LogP contribution is 2.35. The van der Waals surface area contributed by atoms with Gasteiger partial charge in [-0.15, -0.1) is 0 Å². The summed E-state index contributed by atoms with van der Waals surface area (Å²) >= 11 is 6.06. The lowest BCUT2D eigenvalue weighted by atomic mass is 9.98. The SMILES string of the molecule is COc1ccccc1-c1cc(-c2ccc(Cl)cc2)c2ccccc2n1. The summed E-state index contributed by atoms with van der Waals surface area (Å²) in [5.74, 6) is 0.812. The zero-order valence-corrected chi connectivity index (χ0v) is 14.5. The van der Waals surface area contributed by atoms with Crippen molar-refractivity contribution in [2.24, 2.45) is 0 Å². The van der Waals surface area contributed by atoms with Crippen LogP contribution in [0, 0.1) is 0 Å². The standard InChI is InChI=1S/C22H16ClNO/c1-25-22-9-5-3-7-18(22)21-14-19(15-10-12-16(23)13-11-15)17-6-2-4-8-20(17)24-21/h2-14H,1H3. The van der Waals surface area contributed by atoms with Crippen molar-refractivity contribution in [3.8, 4) is 28.1 Å². The molecule has 1 aromatic heterocycles. The third-order valence-electron chi connectivity index (χ3n) is 4.25. The molecule has 0 aliphatic heterocycles. The predicted molar refractivity (Wildman–Crippen MR) is 104 cm³/mol. The first-order valence-corrected chi connectivity index (χ1v) is 8.43. The molecule has 0 spiro atoms. The van der Waals surface area contributed by atoms with E-state index in [9.17, 15) is 0 Å². The first kappa shape index (κ1) is 15.7. The highest BCUT2D eigenvalue weighted by atomic mass is 35.5. The van der Waals surface area contributed by atoms with Crippen molar-refractivity contribution in [2.45, 2.75) is 0 Å². The Bertz CT molecular complexity index is 1040. The molecule has 0 atom stereocenters. The molecule has 4 rings (SSSR count). The van der Waals surface area contributed by atoms with Gasteiger partial charge in [0, 0.05) is 16.0 Å². The van der Waals surface area contributed by atoms with Crippen LogP contribution < -0.4 is 4.74 Å². The van der Waals surface area contributed by atoms with Gasteiger partial charge in [0.25, 0.3) is 0 Å². The molecule has 25 heavy (non-hydrogen) atoms. The maximum absolute atomic E-state index is 6.06. The molecule has 0 amide bonds. The molecule has 3 heteroatoms. The molecule has 0 saturated carbocycles. The number of hydrogen-bond acceptors (Lipinski definition) is 2. The molecule has 0 N–H and O–H groups in total. The fraction of sp³-hybridized carbons (Fsp3) is 0.0455. The number of pyridine rings is 1. The van der Waals surface area contributed by atoms with E-state index >= 15 is 0 Å². The van der Waals surface area contributed by atoms with Gasteiger partial charge in [0.1, 0.15) is 5.75 Å². The van der Waals surface area contributed by atoms with Crippen molar-refractivity contribution in [2.75, 3.05) is 7.11 Å². The number of nitrogens with zero attached hydrogens (tertiary/aromatic N) is 1. The summed E-state index contributed by atoms with van der Waals surface area (Å²) in [5.41, 5.74) is 5.06. The Kier molecular flexibility index (Phi) is 4.12. The number of para-hydroxylation sites is 2. The Morgan fingerprint density at radius 3 is 2.32 bits per heavy atom. The Morgan fingerprint density at radius 1 is 0.800 bits per heavy atom. The molecule has 0 aliphatic rings. The van der Waals surface area contributed by atoms with Crippen LogP contribution in [0.2, 0.25) is 5.02 Å². The molecule has 0 fully saturated rings. The molecule has 0 aliphatic carbocycles. The maximum Gasteiger partial charge on any atom is 0.128 e. The molecule has 0 unspecified atom stereocenters. The van der Waals surface area contributed by atoms with Crippen LogP contribution >= 0.6 is 11.6 Å². The van der Waals surface area contributed by atoms with Gasteiger partial charge in [0.2, 0.25) is 0 Å². The zero-order chi connectivity index (χ0) is 17.2. The van der Waals surface area contributed by atoms with Gasteiger partial charge in [-0.1, -0.05) is 54.1 Å². The van der Waals surface area contributed by atoms with E-state index in [0.29, 0.717) is 0 Å². The minimum Gasteiger partial charge on any atom is -0.496 e. The second kappa shape index (κ2) is 6.58. The van der Waals surface area contributed by atoms with Gasteiger partial charge < -0.3 is 4.74 Å². The van der Waals surface area contributed by atoms with Gasteiger partial charge >= 0.3 is 0 Å². The number of rotatable bonds is 3. The Balaban J connectivity index is 2.00. The summed E-state index contributed by atoms with van der Waals surface area (Å²) in [6, 6.07) is 26.1. The van der Waals surface area contributed by atoms with E-state index in [-0.39, 0.29) is 0 Å². The Labute approximate surface area is 151 Å². The van der Waals surface area contributed by atoms with Crippen LogP contribution in [-0.2, 0) is 0 Å². The van der Waals surface area contributed by atoms with Crippen LogP contribution in [0.5, 0.6) is 5.75 Å². The van der Waals surface area contributed by atoms with Crippen LogP contribution in [0.4, 0.5) is 0 Å². The lowest BCUT2D eigenvalue weighted by Crippen LogP contribution is -1.92. The fourth-order valence-electron chi connectivity index (χ4n) is 3.04. The summed E-state index contributed by atoms with van der Waals surface area (Å²) in [6.07, 6.45) is 0.